The molecule has 3 N–H and O–H groups in total. The van der Waals surface area contributed by atoms with Crippen LogP contribution in [-0.4, -0.2) is 61.8 Å². The van der Waals surface area contributed by atoms with Gasteiger partial charge in [0.1, 0.15) is 27.8 Å². The number of morpholine rings is 1. The van der Waals surface area contributed by atoms with Gasteiger partial charge in [0, 0.05) is 36.4 Å². The second-order valence-electron chi connectivity index (χ2n) is 9.58. The summed E-state index contributed by atoms with van der Waals surface area (Å²) in [5, 5.41) is 0.577. The Morgan fingerprint density at radius 1 is 0.977 bits per heavy atom. The number of nitrogens with two attached hydrogens (primary N) is 1. The summed E-state index contributed by atoms with van der Waals surface area (Å²) in [5.74, 6) is -0.452. The van der Waals surface area contributed by atoms with Crippen molar-refractivity contribution in [3.8, 4) is 28.3 Å². The number of nitrogens with one attached hydrogen (secondary N) is 1. The van der Waals surface area contributed by atoms with Gasteiger partial charge in [-0.15, -0.1) is 0 Å². The number of benzene rings is 3. The summed E-state index contributed by atoms with van der Waals surface area (Å²) in [6.07, 6.45) is 3.05. The second-order valence-corrected chi connectivity index (χ2v) is 11.2. The van der Waals surface area contributed by atoms with E-state index >= 15 is 4.39 Å². The normalized spacial score (nSPS) is 13.7. The number of hydrogen-bond donors (Lipinski definition) is 2. The van der Waals surface area contributed by atoms with Crippen LogP contribution in [0.1, 0.15) is 0 Å². The monoisotopic (exact) mass is 605 g/mol. The topological polar surface area (TPSA) is 145 Å². The molecule has 2 aromatic heterocycles. The Morgan fingerprint density at radius 2 is 1.72 bits per heavy atom. The van der Waals surface area contributed by atoms with Gasteiger partial charge in [0.15, 0.2) is 11.6 Å². The highest BCUT2D eigenvalue weighted by atomic mass is 32.2. The zero-order valence-corrected chi connectivity index (χ0v) is 23.6. The quantitative estimate of drug-likeness (QED) is 0.276. The largest absolute Gasteiger partial charge is 0.494 e. The summed E-state index contributed by atoms with van der Waals surface area (Å²) in [6, 6.07) is 12.5. The molecule has 6 rings (SSSR count). The molecule has 0 unspecified atom stereocenters. The molecule has 220 valence electrons. The highest BCUT2D eigenvalue weighted by Gasteiger charge is 2.24. The van der Waals surface area contributed by atoms with Crippen molar-refractivity contribution in [1.82, 2.24) is 19.9 Å². The fraction of sp³-hybridized carbons (Fsp3) is 0.172. The third kappa shape index (κ3) is 5.49. The van der Waals surface area contributed by atoms with E-state index in [-0.39, 0.29) is 17.2 Å². The summed E-state index contributed by atoms with van der Waals surface area (Å²) < 4.78 is 69.4. The third-order valence-corrected chi connectivity index (χ3v) is 8.28. The Kier molecular flexibility index (Phi) is 7.46. The molecule has 0 atom stereocenters. The fourth-order valence-electron chi connectivity index (χ4n) is 4.79. The molecular weight excluding hydrogens is 580 g/mol. The Balaban J connectivity index is 1.49. The first-order valence-electron chi connectivity index (χ1n) is 13.1. The van der Waals surface area contributed by atoms with E-state index < -0.39 is 26.6 Å². The van der Waals surface area contributed by atoms with Gasteiger partial charge in [0.25, 0.3) is 10.0 Å². The van der Waals surface area contributed by atoms with E-state index in [1.807, 2.05) is 4.90 Å². The van der Waals surface area contributed by atoms with Crippen molar-refractivity contribution >= 4 is 38.4 Å². The number of fused-ring (bicyclic) bond motifs is 1. The molecule has 1 saturated heterocycles. The maximum Gasteiger partial charge on any atom is 0.264 e. The van der Waals surface area contributed by atoms with Crippen LogP contribution in [-0.2, 0) is 14.8 Å². The van der Waals surface area contributed by atoms with Crippen LogP contribution in [0.3, 0.4) is 0 Å². The van der Waals surface area contributed by atoms with Gasteiger partial charge in [-0.1, -0.05) is 24.3 Å². The fourth-order valence-corrected chi connectivity index (χ4v) is 5.93. The number of aromatic nitrogens is 4. The minimum absolute atomic E-state index is 0.0814. The SMILES string of the molecule is COc1cc(-c2cccc(NS(=O)(=O)c3ccccc3F)c2F)cc2c(N3CCOCC3)nc(-c3cnc(N)nc3)nc12. The molecule has 0 aliphatic carbocycles. The minimum Gasteiger partial charge on any atom is -0.494 e. The number of ether oxygens (including phenoxy) is 2. The van der Waals surface area contributed by atoms with E-state index in [1.54, 1.807) is 12.1 Å². The minimum atomic E-state index is -4.41. The van der Waals surface area contributed by atoms with Gasteiger partial charge in [-0.2, -0.15) is 0 Å². The number of sulfonamides is 1. The van der Waals surface area contributed by atoms with Crippen molar-refractivity contribution in [2.75, 3.05) is 48.8 Å². The number of halogens is 2. The highest BCUT2D eigenvalue weighted by molar-refractivity contribution is 7.92. The number of hydrogen-bond acceptors (Lipinski definition) is 10. The predicted octanol–water partition coefficient (Wildman–Crippen LogP) is 4.26. The lowest BCUT2D eigenvalue weighted by Crippen LogP contribution is -2.37. The molecule has 0 radical (unpaired) electrons. The van der Waals surface area contributed by atoms with Crippen LogP contribution >= 0.6 is 0 Å². The number of nitrogens with zero attached hydrogens (tertiary/aromatic N) is 5. The van der Waals surface area contributed by atoms with Crippen molar-refractivity contribution in [3.63, 3.8) is 0 Å². The van der Waals surface area contributed by atoms with E-state index in [4.69, 9.17) is 25.2 Å². The van der Waals surface area contributed by atoms with E-state index in [2.05, 4.69) is 14.7 Å². The lowest BCUT2D eigenvalue weighted by atomic mass is 10.0. The van der Waals surface area contributed by atoms with Crippen LogP contribution in [0.15, 0.2) is 71.9 Å². The summed E-state index contributed by atoms with van der Waals surface area (Å²) in [5.41, 5.74) is 6.79. The molecule has 0 saturated carbocycles. The Morgan fingerprint density at radius 3 is 2.44 bits per heavy atom. The highest BCUT2D eigenvalue weighted by Crippen LogP contribution is 2.39. The molecule has 3 heterocycles. The standard InChI is InChI=1S/C29H25F2N7O4S/c1-41-23-14-17(19-5-4-7-22(25(19)31)37-43(39,40)24-8-3-2-6-21(24)30)13-20-26(23)35-27(18-15-33-29(32)34-16-18)36-28(20)38-9-11-42-12-10-38/h2-8,13-16,37H,9-12H2,1H3,(H2,32,33,34). The van der Waals surface area contributed by atoms with Gasteiger partial charge < -0.3 is 20.1 Å². The summed E-state index contributed by atoms with van der Waals surface area (Å²) in [7, 11) is -2.95. The molecule has 0 spiro atoms. The smallest absolute Gasteiger partial charge is 0.264 e. The van der Waals surface area contributed by atoms with Crippen LogP contribution in [0.2, 0.25) is 0 Å². The first-order valence-corrected chi connectivity index (χ1v) is 14.6. The molecule has 43 heavy (non-hydrogen) atoms. The van der Waals surface area contributed by atoms with Crippen molar-refractivity contribution in [1.29, 1.82) is 0 Å². The molecule has 1 fully saturated rings. The van der Waals surface area contributed by atoms with Crippen molar-refractivity contribution in [3.05, 3.63) is 78.6 Å². The van der Waals surface area contributed by atoms with Gasteiger partial charge >= 0.3 is 0 Å². The summed E-state index contributed by atoms with van der Waals surface area (Å²) >= 11 is 0. The van der Waals surface area contributed by atoms with E-state index in [0.29, 0.717) is 65.7 Å². The van der Waals surface area contributed by atoms with Gasteiger partial charge in [0.05, 0.1) is 31.6 Å². The third-order valence-electron chi connectivity index (χ3n) is 6.89. The molecule has 0 amide bonds. The summed E-state index contributed by atoms with van der Waals surface area (Å²) in [6.45, 7) is 2.08. The molecule has 3 aromatic carbocycles. The Hall–Kier alpha value is -4.95. The molecule has 11 nitrogen and oxygen atoms in total. The predicted molar refractivity (Wildman–Crippen MR) is 157 cm³/mol. The molecule has 5 aromatic rings. The van der Waals surface area contributed by atoms with E-state index in [9.17, 15) is 12.8 Å². The van der Waals surface area contributed by atoms with Crippen LogP contribution in [0.25, 0.3) is 33.4 Å². The average molecular weight is 606 g/mol. The zero-order valence-electron chi connectivity index (χ0n) is 22.8. The van der Waals surface area contributed by atoms with Crippen LogP contribution < -0.4 is 20.1 Å². The number of anilines is 3. The molecule has 1 aliphatic rings. The van der Waals surface area contributed by atoms with Crippen LogP contribution in [0, 0.1) is 11.6 Å². The van der Waals surface area contributed by atoms with Gasteiger partial charge in [-0.3, -0.25) is 4.72 Å². The summed E-state index contributed by atoms with van der Waals surface area (Å²) in [4.78, 5) is 19.1. The maximum atomic E-state index is 16.0. The van der Waals surface area contributed by atoms with Gasteiger partial charge in [-0.25, -0.2) is 37.1 Å². The molecule has 14 heteroatoms. The van der Waals surface area contributed by atoms with Gasteiger partial charge in [0.2, 0.25) is 5.95 Å². The van der Waals surface area contributed by atoms with Crippen LogP contribution in [0.5, 0.6) is 5.75 Å². The van der Waals surface area contributed by atoms with Crippen molar-refractivity contribution in [2.24, 2.45) is 0 Å². The number of rotatable bonds is 7. The van der Waals surface area contributed by atoms with Crippen molar-refractivity contribution < 1.29 is 26.7 Å². The first-order chi connectivity index (χ1) is 20.7. The van der Waals surface area contributed by atoms with Gasteiger partial charge in [-0.05, 0) is 35.9 Å². The first kappa shape index (κ1) is 28.2. The lowest BCUT2D eigenvalue weighted by Gasteiger charge is -2.29. The molecular formula is C29H25F2N7O4S. The Labute approximate surface area is 245 Å². The lowest BCUT2D eigenvalue weighted by molar-refractivity contribution is 0.122. The molecule has 0 bridgehead atoms. The second kappa shape index (κ2) is 11.4. The molecule has 1 aliphatic heterocycles. The van der Waals surface area contributed by atoms with Crippen molar-refractivity contribution in [2.45, 2.75) is 4.90 Å². The maximum absolute atomic E-state index is 16.0. The van der Waals surface area contributed by atoms with E-state index in [0.717, 1.165) is 12.1 Å². The Bertz CT molecular complexity index is 1940. The zero-order chi connectivity index (χ0) is 30.1. The van der Waals surface area contributed by atoms with E-state index in [1.165, 1.54) is 49.8 Å². The number of methoxy groups -OCH3 is 1. The average Bonchev–Trinajstić information content (AvgIpc) is 3.02. The number of nitrogen functional groups attached to an aromatic ring is 1. The van der Waals surface area contributed by atoms with Crippen LogP contribution in [0.4, 0.5) is 26.2 Å².